The van der Waals surface area contributed by atoms with Crippen molar-refractivity contribution in [3.8, 4) is 6.07 Å². The van der Waals surface area contributed by atoms with Crippen molar-refractivity contribution in [1.29, 1.82) is 5.26 Å². The second-order valence-corrected chi connectivity index (χ2v) is 9.79. The molecule has 3 heteroatoms. The number of nitriles is 1. The van der Waals surface area contributed by atoms with Crippen LogP contribution in [0.3, 0.4) is 0 Å². The van der Waals surface area contributed by atoms with Gasteiger partial charge >= 0.3 is 0 Å². The fourth-order valence-corrected chi connectivity index (χ4v) is 4.47. The van der Waals surface area contributed by atoms with Crippen LogP contribution in [0.4, 0.5) is 0 Å². The van der Waals surface area contributed by atoms with Crippen molar-refractivity contribution in [2.75, 3.05) is 13.1 Å². The molecule has 0 aromatic rings. The number of unbranched alkanes of at least 4 members (excludes halogenated alkanes) is 20. The Morgan fingerprint density at radius 1 is 0.531 bits per heavy atom. The average molecular weight is 449 g/mol. The first kappa shape index (κ1) is 31.0. The Bertz CT molecular complexity index is 403. The predicted octanol–water partition coefficient (Wildman–Crippen LogP) is 9.35. The third-order valence-corrected chi connectivity index (χ3v) is 6.65. The molecular formula is C29H56N2O. The minimum absolute atomic E-state index is 0.0339. The van der Waals surface area contributed by atoms with E-state index in [1.807, 2.05) is 11.0 Å². The number of carbonyl (C=O) groups excluding carboxylic acids is 1. The van der Waals surface area contributed by atoms with Crippen LogP contribution >= 0.6 is 0 Å². The van der Waals surface area contributed by atoms with Gasteiger partial charge in [0.15, 0.2) is 0 Å². The first-order chi connectivity index (χ1) is 15.8. The van der Waals surface area contributed by atoms with Gasteiger partial charge in [-0.15, -0.1) is 0 Å². The molecule has 0 saturated heterocycles. The second-order valence-electron chi connectivity index (χ2n) is 9.79. The molecule has 3 nitrogen and oxygen atoms in total. The topological polar surface area (TPSA) is 44.1 Å². The molecular weight excluding hydrogens is 392 g/mol. The van der Waals surface area contributed by atoms with Crippen molar-refractivity contribution in [3.63, 3.8) is 0 Å². The fraction of sp³-hybridized carbons (Fsp3) is 0.931. The monoisotopic (exact) mass is 448 g/mol. The summed E-state index contributed by atoms with van der Waals surface area (Å²) in [5.74, 6) is 0.0339. The van der Waals surface area contributed by atoms with E-state index in [1.54, 1.807) is 0 Å². The molecule has 0 aromatic heterocycles. The summed E-state index contributed by atoms with van der Waals surface area (Å²) in [5, 5.41) is 8.91. The maximum absolute atomic E-state index is 12.3. The molecule has 0 aliphatic rings. The molecule has 0 heterocycles. The second kappa shape index (κ2) is 26.2. The van der Waals surface area contributed by atoms with Crippen molar-refractivity contribution >= 4 is 5.91 Å². The Labute approximate surface area is 201 Å². The van der Waals surface area contributed by atoms with Gasteiger partial charge in [-0.1, -0.05) is 142 Å². The van der Waals surface area contributed by atoms with E-state index >= 15 is 0 Å². The van der Waals surface area contributed by atoms with Crippen LogP contribution in [0, 0.1) is 11.3 Å². The van der Waals surface area contributed by atoms with E-state index in [4.69, 9.17) is 5.26 Å². The molecule has 0 bridgehead atoms. The SMILES string of the molecule is CCCCCCCCCCCCCN(CCCCCCCCCCCCC)C(=O)CC#N. The zero-order valence-corrected chi connectivity index (χ0v) is 22.0. The number of nitrogens with zero attached hydrogens (tertiary/aromatic N) is 2. The Morgan fingerprint density at radius 3 is 1.09 bits per heavy atom. The van der Waals surface area contributed by atoms with Gasteiger partial charge < -0.3 is 4.90 Å². The smallest absolute Gasteiger partial charge is 0.236 e. The maximum Gasteiger partial charge on any atom is 0.236 e. The van der Waals surface area contributed by atoms with Gasteiger partial charge in [-0.2, -0.15) is 5.26 Å². The zero-order valence-electron chi connectivity index (χ0n) is 22.0. The maximum atomic E-state index is 12.3. The molecule has 0 aliphatic heterocycles. The van der Waals surface area contributed by atoms with Crippen molar-refractivity contribution in [3.05, 3.63) is 0 Å². The summed E-state index contributed by atoms with van der Waals surface area (Å²) >= 11 is 0. The lowest BCUT2D eigenvalue weighted by molar-refractivity contribution is -0.130. The molecule has 188 valence electrons. The van der Waals surface area contributed by atoms with Gasteiger partial charge in [0.25, 0.3) is 0 Å². The van der Waals surface area contributed by atoms with Gasteiger partial charge in [0.1, 0.15) is 6.42 Å². The third-order valence-electron chi connectivity index (χ3n) is 6.65. The Kier molecular flexibility index (Phi) is 25.4. The molecule has 0 aliphatic carbocycles. The van der Waals surface area contributed by atoms with Crippen molar-refractivity contribution < 1.29 is 4.79 Å². The van der Waals surface area contributed by atoms with E-state index in [0.717, 1.165) is 25.9 Å². The van der Waals surface area contributed by atoms with Crippen LogP contribution in [0.5, 0.6) is 0 Å². The van der Waals surface area contributed by atoms with Gasteiger partial charge in [0.05, 0.1) is 6.07 Å². The molecule has 0 aromatic carbocycles. The number of hydrogen-bond acceptors (Lipinski definition) is 2. The molecule has 0 rings (SSSR count). The Morgan fingerprint density at radius 2 is 0.812 bits per heavy atom. The van der Waals surface area contributed by atoms with Crippen LogP contribution in [-0.2, 0) is 4.79 Å². The Hall–Kier alpha value is -1.04. The normalized spacial score (nSPS) is 10.9. The van der Waals surface area contributed by atoms with Crippen LogP contribution in [0.1, 0.15) is 162 Å². The molecule has 0 radical (unpaired) electrons. The molecule has 1 amide bonds. The lowest BCUT2D eigenvalue weighted by atomic mass is 10.1. The highest BCUT2D eigenvalue weighted by molar-refractivity contribution is 5.78. The first-order valence-corrected chi connectivity index (χ1v) is 14.4. The lowest BCUT2D eigenvalue weighted by Crippen LogP contribution is -2.32. The zero-order chi connectivity index (χ0) is 23.5. The standard InChI is InChI=1S/C29H56N2O/c1-3-5-7-9-11-13-15-17-19-21-23-27-31(29(32)25-26-30)28-24-22-20-18-16-14-12-10-8-6-4-2/h3-25,27-28H2,1-2H3. The van der Waals surface area contributed by atoms with E-state index in [0.29, 0.717) is 0 Å². The summed E-state index contributed by atoms with van der Waals surface area (Å²) in [5.41, 5.74) is 0. The van der Waals surface area contributed by atoms with Crippen LogP contribution in [0.2, 0.25) is 0 Å². The lowest BCUT2D eigenvalue weighted by Gasteiger charge is -2.21. The number of amides is 1. The molecule has 32 heavy (non-hydrogen) atoms. The van der Waals surface area contributed by atoms with Gasteiger partial charge in [-0.25, -0.2) is 0 Å². The quantitative estimate of drug-likeness (QED) is 0.131. The molecule has 0 atom stereocenters. The van der Waals surface area contributed by atoms with Crippen molar-refractivity contribution in [1.82, 2.24) is 4.90 Å². The van der Waals surface area contributed by atoms with E-state index in [9.17, 15) is 4.79 Å². The summed E-state index contributed by atoms with van der Waals surface area (Å²) in [4.78, 5) is 14.2. The highest BCUT2D eigenvalue weighted by atomic mass is 16.2. The van der Waals surface area contributed by atoms with Crippen molar-refractivity contribution in [2.24, 2.45) is 0 Å². The molecule has 0 unspecified atom stereocenters. The summed E-state index contributed by atoms with van der Waals surface area (Å²) in [6.07, 6.45) is 29.2. The minimum atomic E-state index is 0.0339. The van der Waals surface area contributed by atoms with E-state index < -0.39 is 0 Å². The summed E-state index contributed by atoms with van der Waals surface area (Å²) in [6, 6.07) is 2.04. The summed E-state index contributed by atoms with van der Waals surface area (Å²) in [7, 11) is 0. The molecule has 0 saturated carbocycles. The number of carbonyl (C=O) groups is 1. The third kappa shape index (κ3) is 22.2. The first-order valence-electron chi connectivity index (χ1n) is 14.4. The molecule has 0 N–H and O–H groups in total. The average Bonchev–Trinajstić information content (AvgIpc) is 2.79. The van der Waals surface area contributed by atoms with Crippen LogP contribution in [-0.4, -0.2) is 23.9 Å². The highest BCUT2D eigenvalue weighted by Crippen LogP contribution is 2.13. The van der Waals surface area contributed by atoms with Gasteiger partial charge in [0, 0.05) is 13.1 Å². The number of rotatable bonds is 25. The van der Waals surface area contributed by atoms with Gasteiger partial charge in [-0.05, 0) is 12.8 Å². The van der Waals surface area contributed by atoms with E-state index in [-0.39, 0.29) is 12.3 Å². The largest absolute Gasteiger partial charge is 0.342 e. The van der Waals surface area contributed by atoms with Crippen molar-refractivity contribution in [2.45, 2.75) is 162 Å². The summed E-state index contributed by atoms with van der Waals surface area (Å²) < 4.78 is 0. The minimum Gasteiger partial charge on any atom is -0.342 e. The van der Waals surface area contributed by atoms with E-state index in [2.05, 4.69) is 13.8 Å². The van der Waals surface area contributed by atoms with Crippen LogP contribution in [0.15, 0.2) is 0 Å². The number of hydrogen-bond donors (Lipinski definition) is 0. The van der Waals surface area contributed by atoms with E-state index in [1.165, 1.54) is 128 Å². The Balaban J connectivity index is 3.69. The molecule has 0 fully saturated rings. The highest BCUT2D eigenvalue weighted by Gasteiger charge is 2.12. The fourth-order valence-electron chi connectivity index (χ4n) is 4.47. The van der Waals surface area contributed by atoms with Gasteiger partial charge in [-0.3, -0.25) is 4.79 Å². The summed E-state index contributed by atoms with van der Waals surface area (Å²) in [6.45, 7) is 6.23. The van der Waals surface area contributed by atoms with Gasteiger partial charge in [0.2, 0.25) is 5.91 Å². The van der Waals surface area contributed by atoms with Crippen LogP contribution < -0.4 is 0 Å². The predicted molar refractivity (Wildman–Crippen MR) is 140 cm³/mol. The van der Waals surface area contributed by atoms with Crippen LogP contribution in [0.25, 0.3) is 0 Å². The molecule has 0 spiro atoms.